The average Bonchev–Trinajstić information content (AvgIpc) is 3.25. The molecule has 24 heavy (non-hydrogen) atoms. The van der Waals surface area contributed by atoms with Crippen LogP contribution in [0.2, 0.25) is 0 Å². The molecule has 2 aliphatic carbocycles. The molecule has 5 rings (SSSR count). The van der Waals surface area contributed by atoms with Gasteiger partial charge in [-0.2, -0.15) is 0 Å². The summed E-state index contributed by atoms with van der Waals surface area (Å²) in [6, 6.07) is 1.87. The summed E-state index contributed by atoms with van der Waals surface area (Å²) in [5.41, 5.74) is 0. The molecule has 5 aliphatic rings. The van der Waals surface area contributed by atoms with Crippen LogP contribution in [0.5, 0.6) is 0 Å². The summed E-state index contributed by atoms with van der Waals surface area (Å²) in [4.78, 5) is 8.36. The first kappa shape index (κ1) is 16.1. The van der Waals surface area contributed by atoms with Gasteiger partial charge in [0, 0.05) is 38.3 Å². The number of nitrogens with zero attached hydrogens (tertiary/aromatic N) is 3. The molecule has 0 N–H and O–H groups in total. The molecule has 136 valence electrons. The fraction of sp³-hybridized carbons (Fsp3) is 1.00. The molecule has 3 nitrogen and oxygen atoms in total. The minimum atomic E-state index is 0.936. The lowest BCUT2D eigenvalue weighted by atomic mass is 9.97. The maximum atomic E-state index is 2.93. The van der Waals surface area contributed by atoms with E-state index in [2.05, 4.69) is 28.7 Å². The predicted molar refractivity (Wildman–Crippen MR) is 99.0 cm³/mol. The molecular formula is C21H37N3. The van der Waals surface area contributed by atoms with Gasteiger partial charge in [0.1, 0.15) is 0 Å². The fourth-order valence-corrected chi connectivity index (χ4v) is 7.09. The van der Waals surface area contributed by atoms with Gasteiger partial charge in [0.2, 0.25) is 0 Å². The zero-order valence-electron chi connectivity index (χ0n) is 15.9. The third kappa shape index (κ3) is 2.85. The number of likely N-dealkylation sites (tertiary alicyclic amines) is 3. The van der Waals surface area contributed by atoms with E-state index in [-0.39, 0.29) is 0 Å². The van der Waals surface area contributed by atoms with E-state index in [4.69, 9.17) is 0 Å². The summed E-state index contributed by atoms with van der Waals surface area (Å²) in [5, 5.41) is 0. The number of fused-ring (bicyclic) bond motifs is 2. The Bertz CT molecular complexity index is 430. The van der Waals surface area contributed by atoms with Crippen molar-refractivity contribution in [2.75, 3.05) is 46.3 Å². The lowest BCUT2D eigenvalue weighted by molar-refractivity contribution is 0.125. The standard InChI is InChI=1S/C21H37N3/c1-15-3-5-23(6-4-15)20-9-18-13-24(14-19(18)10-20)21-7-16-11-22(2)12-17(16)8-21/h15-21H,3-14H2,1-2H3. The summed E-state index contributed by atoms with van der Waals surface area (Å²) in [5.74, 6) is 5.06. The van der Waals surface area contributed by atoms with Gasteiger partial charge in [-0.1, -0.05) is 6.92 Å². The Morgan fingerprint density at radius 2 is 1.08 bits per heavy atom. The highest BCUT2D eigenvalue weighted by Crippen LogP contribution is 2.46. The van der Waals surface area contributed by atoms with E-state index < -0.39 is 0 Å². The largest absolute Gasteiger partial charge is 0.306 e. The zero-order chi connectivity index (χ0) is 16.3. The predicted octanol–water partition coefficient (Wildman–Crippen LogP) is 2.77. The molecule has 4 unspecified atom stereocenters. The fourth-order valence-electron chi connectivity index (χ4n) is 7.09. The Morgan fingerprint density at radius 1 is 0.625 bits per heavy atom. The van der Waals surface area contributed by atoms with Gasteiger partial charge in [-0.05, 0) is 88.3 Å². The van der Waals surface area contributed by atoms with Crippen LogP contribution in [0.3, 0.4) is 0 Å². The van der Waals surface area contributed by atoms with E-state index >= 15 is 0 Å². The molecule has 5 fully saturated rings. The SMILES string of the molecule is CC1CCN(C2CC3CN(C4CC5CN(C)CC5C4)CC3C2)CC1. The Balaban J connectivity index is 1.14. The highest BCUT2D eigenvalue weighted by molar-refractivity contribution is 5.01. The molecular weight excluding hydrogens is 294 g/mol. The maximum absolute atomic E-state index is 2.93. The Labute approximate surface area is 148 Å². The number of hydrogen-bond acceptors (Lipinski definition) is 3. The van der Waals surface area contributed by atoms with E-state index in [1.165, 1.54) is 77.8 Å². The van der Waals surface area contributed by atoms with Crippen LogP contribution in [0.25, 0.3) is 0 Å². The summed E-state index contributed by atoms with van der Waals surface area (Å²) in [6.07, 6.45) is 8.91. The van der Waals surface area contributed by atoms with Gasteiger partial charge < -0.3 is 9.80 Å². The first-order valence-corrected chi connectivity index (χ1v) is 10.8. The van der Waals surface area contributed by atoms with Crippen LogP contribution in [0.1, 0.15) is 45.4 Å². The molecule has 0 aromatic carbocycles. The first-order chi connectivity index (χ1) is 11.7. The highest BCUT2D eigenvalue weighted by Gasteiger charge is 2.48. The van der Waals surface area contributed by atoms with Crippen molar-refractivity contribution in [3.63, 3.8) is 0 Å². The van der Waals surface area contributed by atoms with Crippen molar-refractivity contribution in [1.82, 2.24) is 14.7 Å². The number of piperidine rings is 1. The molecule has 0 amide bonds. The van der Waals surface area contributed by atoms with Gasteiger partial charge in [0.25, 0.3) is 0 Å². The minimum absolute atomic E-state index is 0.936. The molecule has 0 bridgehead atoms. The second-order valence-corrected chi connectivity index (χ2v) is 10.2. The minimum Gasteiger partial charge on any atom is -0.306 e. The summed E-state index contributed by atoms with van der Waals surface area (Å²) >= 11 is 0. The van der Waals surface area contributed by atoms with Gasteiger partial charge in [-0.15, -0.1) is 0 Å². The maximum Gasteiger partial charge on any atom is 0.0102 e. The molecule has 0 aromatic heterocycles. The Kier molecular flexibility index (Phi) is 4.18. The van der Waals surface area contributed by atoms with Crippen molar-refractivity contribution in [2.24, 2.45) is 29.6 Å². The van der Waals surface area contributed by atoms with Crippen LogP contribution in [-0.2, 0) is 0 Å². The van der Waals surface area contributed by atoms with E-state index in [1.807, 2.05) is 0 Å². The Hall–Kier alpha value is -0.120. The van der Waals surface area contributed by atoms with Crippen LogP contribution >= 0.6 is 0 Å². The normalized spacial score (nSPS) is 48.2. The third-order valence-electron chi connectivity index (χ3n) is 8.51. The monoisotopic (exact) mass is 331 g/mol. The highest BCUT2D eigenvalue weighted by atomic mass is 15.2. The van der Waals surface area contributed by atoms with Crippen molar-refractivity contribution in [3.05, 3.63) is 0 Å². The molecule has 3 heterocycles. The topological polar surface area (TPSA) is 9.72 Å². The quantitative estimate of drug-likeness (QED) is 0.770. The first-order valence-electron chi connectivity index (χ1n) is 10.8. The lowest BCUT2D eigenvalue weighted by Crippen LogP contribution is -2.41. The van der Waals surface area contributed by atoms with Gasteiger partial charge in [0.05, 0.1) is 0 Å². The molecule has 3 aliphatic heterocycles. The molecule has 0 radical (unpaired) electrons. The van der Waals surface area contributed by atoms with Crippen LogP contribution in [0.15, 0.2) is 0 Å². The van der Waals surface area contributed by atoms with Gasteiger partial charge in [-0.25, -0.2) is 0 Å². The van der Waals surface area contributed by atoms with Gasteiger partial charge >= 0.3 is 0 Å². The lowest BCUT2D eigenvalue weighted by Gasteiger charge is -2.36. The van der Waals surface area contributed by atoms with Crippen LogP contribution in [0.4, 0.5) is 0 Å². The van der Waals surface area contributed by atoms with Crippen LogP contribution < -0.4 is 0 Å². The summed E-state index contributed by atoms with van der Waals surface area (Å²) in [6.45, 7) is 10.8. The van der Waals surface area contributed by atoms with Crippen molar-refractivity contribution in [1.29, 1.82) is 0 Å². The molecule has 3 heteroatoms. The average molecular weight is 332 g/mol. The second kappa shape index (κ2) is 6.25. The van der Waals surface area contributed by atoms with Gasteiger partial charge in [-0.3, -0.25) is 4.90 Å². The van der Waals surface area contributed by atoms with E-state index in [9.17, 15) is 0 Å². The third-order valence-corrected chi connectivity index (χ3v) is 8.51. The van der Waals surface area contributed by atoms with Crippen LogP contribution in [0, 0.1) is 29.6 Å². The summed E-state index contributed by atoms with van der Waals surface area (Å²) in [7, 11) is 2.31. The van der Waals surface area contributed by atoms with E-state index in [0.717, 1.165) is 41.7 Å². The van der Waals surface area contributed by atoms with Crippen LogP contribution in [-0.4, -0.2) is 73.1 Å². The van der Waals surface area contributed by atoms with Crippen molar-refractivity contribution < 1.29 is 0 Å². The Morgan fingerprint density at radius 3 is 1.62 bits per heavy atom. The second-order valence-electron chi connectivity index (χ2n) is 10.2. The van der Waals surface area contributed by atoms with E-state index in [1.54, 1.807) is 0 Å². The summed E-state index contributed by atoms with van der Waals surface area (Å²) < 4.78 is 0. The molecule has 4 atom stereocenters. The number of rotatable bonds is 2. The molecule has 2 saturated carbocycles. The molecule has 3 saturated heterocycles. The van der Waals surface area contributed by atoms with E-state index in [0.29, 0.717) is 0 Å². The van der Waals surface area contributed by atoms with Crippen molar-refractivity contribution >= 4 is 0 Å². The zero-order valence-corrected chi connectivity index (χ0v) is 15.9. The van der Waals surface area contributed by atoms with Crippen molar-refractivity contribution in [2.45, 2.75) is 57.5 Å². The smallest absolute Gasteiger partial charge is 0.0102 e. The van der Waals surface area contributed by atoms with Crippen molar-refractivity contribution in [3.8, 4) is 0 Å². The molecule has 0 aromatic rings. The van der Waals surface area contributed by atoms with Gasteiger partial charge in [0.15, 0.2) is 0 Å². The molecule has 0 spiro atoms. The number of hydrogen-bond donors (Lipinski definition) is 0.